The molecule has 0 saturated heterocycles. The van der Waals surface area contributed by atoms with Crippen molar-refractivity contribution in [3.63, 3.8) is 0 Å². The number of nitrogens with zero attached hydrogens (tertiary/aromatic N) is 2. The molecule has 0 fully saturated rings. The Labute approximate surface area is 328 Å². The van der Waals surface area contributed by atoms with E-state index in [9.17, 15) is 0 Å². The molecule has 7 aromatic carbocycles. The average molecular weight is 737 g/mol. The average Bonchev–Trinajstić information content (AvgIpc) is 3.95. The fourth-order valence-corrected chi connectivity index (χ4v) is 9.04. The van der Waals surface area contributed by atoms with Crippen molar-refractivity contribution in [1.82, 2.24) is 15.2 Å². The number of allylic oxidation sites excluding steroid dienone is 1. The van der Waals surface area contributed by atoms with Crippen LogP contribution in [0.2, 0.25) is 0 Å². The summed E-state index contributed by atoms with van der Waals surface area (Å²) in [5.74, 6) is 0.854. The highest BCUT2D eigenvalue weighted by molar-refractivity contribution is 6.12. The summed E-state index contributed by atoms with van der Waals surface area (Å²) in [4.78, 5) is 5.17. The van der Waals surface area contributed by atoms with E-state index >= 15 is 0 Å². The summed E-state index contributed by atoms with van der Waals surface area (Å²) in [7, 11) is 0. The van der Waals surface area contributed by atoms with Crippen LogP contribution in [0.25, 0.3) is 77.7 Å². The van der Waals surface area contributed by atoms with Crippen molar-refractivity contribution in [2.45, 2.75) is 25.2 Å². The van der Waals surface area contributed by atoms with E-state index in [4.69, 9.17) is 13.8 Å². The molecular formula is C51H36N4O2. The van der Waals surface area contributed by atoms with Crippen molar-refractivity contribution in [3.8, 4) is 16.8 Å². The van der Waals surface area contributed by atoms with Gasteiger partial charge in [-0.2, -0.15) is 0 Å². The van der Waals surface area contributed by atoms with E-state index in [0.717, 1.165) is 96.1 Å². The lowest BCUT2D eigenvalue weighted by molar-refractivity contribution is 0.409. The summed E-state index contributed by atoms with van der Waals surface area (Å²) in [5, 5.41) is 13.0. The van der Waals surface area contributed by atoms with E-state index in [1.54, 1.807) is 0 Å². The van der Waals surface area contributed by atoms with Crippen LogP contribution in [0.4, 0.5) is 0 Å². The van der Waals surface area contributed by atoms with Gasteiger partial charge in [-0.25, -0.2) is 4.99 Å². The second-order valence-corrected chi connectivity index (χ2v) is 15.1. The number of fused-ring (bicyclic) bond motifs is 9. The highest BCUT2D eigenvalue weighted by atomic mass is 16.3. The molecule has 6 nitrogen and oxygen atoms in total. The molecule has 2 atom stereocenters. The minimum absolute atomic E-state index is 0.114. The van der Waals surface area contributed by atoms with Crippen LogP contribution in [0.15, 0.2) is 178 Å². The Balaban J connectivity index is 0.952. The zero-order valence-electron chi connectivity index (χ0n) is 30.9. The maximum absolute atomic E-state index is 6.81. The number of nitrogens with one attached hydrogen (secondary N) is 2. The Morgan fingerprint density at radius 2 is 1.37 bits per heavy atom. The maximum atomic E-state index is 6.81. The van der Waals surface area contributed by atoms with Gasteiger partial charge in [0.05, 0.1) is 5.52 Å². The minimum Gasteiger partial charge on any atom is -0.456 e. The van der Waals surface area contributed by atoms with E-state index in [2.05, 4.69) is 161 Å². The largest absolute Gasteiger partial charge is 0.456 e. The highest BCUT2D eigenvalue weighted by Crippen LogP contribution is 2.41. The van der Waals surface area contributed by atoms with Gasteiger partial charge in [0.2, 0.25) is 0 Å². The predicted octanol–water partition coefficient (Wildman–Crippen LogP) is 12.4. The first-order chi connectivity index (χ1) is 28.2. The quantitative estimate of drug-likeness (QED) is 0.185. The van der Waals surface area contributed by atoms with Crippen LogP contribution in [0.5, 0.6) is 0 Å². The topological polar surface area (TPSA) is 67.6 Å². The number of aromatic nitrogens is 1. The van der Waals surface area contributed by atoms with Crippen LogP contribution in [0.3, 0.4) is 0 Å². The standard InChI is InChI=1S/C51H36N4O2/c1-3-12-31(13-4-1)49-52-50(32-14-5-2-6-15-32)54-51(53-49)34-22-25-39-40-19-11-18-36(48(40)57-47(39)29-34)33-23-26-45-41(28-33)42-30-35(24-27-46(42)56-45)55-43-20-9-7-16-37(43)38-17-8-10-21-44(38)55/h1-9,11-20,22-30,49,51,53H,10,21H2,(H,52,54). The SMILES string of the molecule is C1=Cc2c(n(-c3ccc4oc5ccc(-c6cccc7c6oc6cc(C8N=C(c9ccccc9)NC(c9ccccc9)N8)ccc67)cc5c4c3)c3ccccc23)CC1. The van der Waals surface area contributed by atoms with Gasteiger partial charge in [0.1, 0.15) is 40.5 Å². The Kier molecular flexibility index (Phi) is 7.16. The third-order valence-corrected chi connectivity index (χ3v) is 11.8. The molecule has 1 aliphatic carbocycles. The zero-order valence-corrected chi connectivity index (χ0v) is 30.9. The first kappa shape index (κ1) is 32.1. The smallest absolute Gasteiger partial charge is 0.143 e. The molecule has 0 bridgehead atoms. The first-order valence-corrected chi connectivity index (χ1v) is 19.7. The molecule has 1 aliphatic heterocycles. The van der Waals surface area contributed by atoms with Crippen molar-refractivity contribution < 1.29 is 8.83 Å². The zero-order chi connectivity index (χ0) is 37.5. The fourth-order valence-electron chi connectivity index (χ4n) is 9.04. The highest BCUT2D eigenvalue weighted by Gasteiger charge is 2.26. The molecule has 4 heterocycles. The van der Waals surface area contributed by atoms with E-state index in [0.29, 0.717) is 0 Å². The molecule has 0 radical (unpaired) electrons. The number of para-hydroxylation sites is 2. The number of hydrogen-bond donors (Lipinski definition) is 2. The van der Waals surface area contributed by atoms with Gasteiger partial charge in [0, 0.05) is 55.0 Å². The lowest BCUT2D eigenvalue weighted by Crippen LogP contribution is -2.44. The number of rotatable bonds is 5. The molecule has 2 N–H and O–H groups in total. The van der Waals surface area contributed by atoms with Gasteiger partial charge in [-0.3, -0.25) is 5.32 Å². The van der Waals surface area contributed by atoms with Crippen LogP contribution in [0, 0.1) is 0 Å². The van der Waals surface area contributed by atoms with Crippen molar-refractivity contribution in [2.24, 2.45) is 4.99 Å². The first-order valence-electron chi connectivity index (χ1n) is 19.7. The molecule has 0 spiro atoms. The van der Waals surface area contributed by atoms with E-state index < -0.39 is 0 Å². The summed E-state index contributed by atoms with van der Waals surface area (Å²) in [5.41, 5.74) is 13.9. The Hall–Kier alpha value is -7.15. The summed E-state index contributed by atoms with van der Waals surface area (Å²) < 4.78 is 15.7. The molecule has 0 saturated carbocycles. The van der Waals surface area contributed by atoms with Crippen molar-refractivity contribution in [3.05, 3.63) is 192 Å². The normalized spacial score (nSPS) is 16.7. The van der Waals surface area contributed by atoms with Crippen LogP contribution < -0.4 is 10.6 Å². The number of furan rings is 2. The van der Waals surface area contributed by atoms with Crippen LogP contribution in [-0.2, 0) is 6.42 Å². The van der Waals surface area contributed by atoms with Crippen molar-refractivity contribution >= 4 is 66.7 Å². The maximum Gasteiger partial charge on any atom is 0.143 e. The third kappa shape index (κ3) is 5.18. The second-order valence-electron chi connectivity index (χ2n) is 15.1. The molecule has 10 aromatic rings. The Morgan fingerprint density at radius 1 is 0.579 bits per heavy atom. The van der Waals surface area contributed by atoms with Crippen LogP contribution in [0.1, 0.15) is 46.7 Å². The molecule has 0 amide bonds. The van der Waals surface area contributed by atoms with Crippen LogP contribution >= 0.6 is 0 Å². The molecule has 6 heteroatoms. The molecule has 12 rings (SSSR count). The Bertz CT molecular complexity index is 3260. The monoisotopic (exact) mass is 736 g/mol. The molecule has 3 aromatic heterocycles. The van der Waals surface area contributed by atoms with E-state index in [1.807, 2.05) is 24.3 Å². The van der Waals surface area contributed by atoms with Gasteiger partial charge in [-0.1, -0.05) is 127 Å². The lowest BCUT2D eigenvalue weighted by Gasteiger charge is -2.32. The molecule has 2 unspecified atom stereocenters. The van der Waals surface area contributed by atoms with E-state index in [1.165, 1.54) is 22.2 Å². The minimum atomic E-state index is -0.281. The summed E-state index contributed by atoms with van der Waals surface area (Å²) in [6.45, 7) is 0. The fraction of sp³-hybridized carbons (Fsp3) is 0.0784. The van der Waals surface area contributed by atoms with Gasteiger partial charge in [0.15, 0.2) is 0 Å². The number of amidine groups is 1. The lowest BCUT2D eigenvalue weighted by atomic mass is 10.00. The molecule has 272 valence electrons. The van der Waals surface area contributed by atoms with Crippen LogP contribution in [-0.4, -0.2) is 10.4 Å². The summed E-state index contributed by atoms with van der Waals surface area (Å²) in [6.07, 6.45) is 6.25. The number of benzene rings is 7. The number of hydrogen-bond acceptors (Lipinski definition) is 5. The van der Waals surface area contributed by atoms with E-state index in [-0.39, 0.29) is 12.3 Å². The third-order valence-electron chi connectivity index (χ3n) is 11.8. The van der Waals surface area contributed by atoms with Gasteiger partial charge in [-0.05, 0) is 72.0 Å². The van der Waals surface area contributed by atoms with Gasteiger partial charge in [0.25, 0.3) is 0 Å². The van der Waals surface area contributed by atoms with Gasteiger partial charge < -0.3 is 18.7 Å². The van der Waals surface area contributed by atoms with Crippen molar-refractivity contribution in [2.75, 3.05) is 0 Å². The predicted molar refractivity (Wildman–Crippen MR) is 232 cm³/mol. The number of aliphatic imine (C=N–C) groups is 1. The van der Waals surface area contributed by atoms with Gasteiger partial charge in [-0.15, -0.1) is 0 Å². The second kappa shape index (κ2) is 12.7. The Morgan fingerprint density at radius 3 is 2.26 bits per heavy atom. The molecular weight excluding hydrogens is 701 g/mol. The summed E-state index contributed by atoms with van der Waals surface area (Å²) in [6, 6.07) is 55.5. The molecule has 57 heavy (non-hydrogen) atoms. The molecule has 2 aliphatic rings. The summed E-state index contributed by atoms with van der Waals surface area (Å²) >= 11 is 0. The van der Waals surface area contributed by atoms with Crippen molar-refractivity contribution in [1.29, 1.82) is 0 Å². The van der Waals surface area contributed by atoms with Gasteiger partial charge >= 0.3 is 0 Å².